The Morgan fingerprint density at radius 2 is 2.27 bits per heavy atom. The van der Waals surface area contributed by atoms with E-state index >= 15 is 0 Å². The molecule has 1 rings (SSSR count). The van der Waals surface area contributed by atoms with E-state index in [2.05, 4.69) is 10.3 Å². The van der Waals surface area contributed by atoms with Crippen LogP contribution in [0, 0.1) is 0 Å². The lowest BCUT2D eigenvalue weighted by atomic mass is 10.3. The average Bonchev–Trinajstić information content (AvgIpc) is 2.46. The maximum atomic E-state index is 11.8. The van der Waals surface area contributed by atoms with Gasteiger partial charge in [-0.25, -0.2) is 4.98 Å². The molecule has 0 saturated heterocycles. The summed E-state index contributed by atoms with van der Waals surface area (Å²) in [5.74, 6) is -1.07. The molecule has 0 radical (unpaired) electrons. The molecule has 15 heavy (non-hydrogen) atoms. The molecule has 4 nitrogen and oxygen atoms in total. The van der Waals surface area contributed by atoms with Gasteiger partial charge in [0.15, 0.2) is 5.13 Å². The predicted octanol–water partition coefficient (Wildman–Crippen LogP) is 1.74. The van der Waals surface area contributed by atoms with E-state index in [0.717, 1.165) is 11.3 Å². The zero-order chi connectivity index (χ0) is 11.5. The van der Waals surface area contributed by atoms with Crippen LogP contribution in [0.1, 0.15) is 5.69 Å². The minimum atomic E-state index is -4.31. The van der Waals surface area contributed by atoms with Crippen molar-refractivity contribution in [2.24, 2.45) is 0 Å². The van der Waals surface area contributed by atoms with Crippen molar-refractivity contribution in [2.75, 3.05) is 11.9 Å². The second kappa shape index (κ2) is 4.47. The summed E-state index contributed by atoms with van der Waals surface area (Å²) in [6.07, 6.45) is -4.59. The molecular formula is C7H7F3N2O2S. The van der Waals surface area contributed by atoms with Crippen molar-refractivity contribution >= 4 is 22.4 Å². The van der Waals surface area contributed by atoms with Gasteiger partial charge in [0.1, 0.15) is 6.54 Å². The largest absolute Gasteiger partial charge is 0.481 e. The highest BCUT2D eigenvalue weighted by Gasteiger charge is 2.27. The van der Waals surface area contributed by atoms with Crippen LogP contribution in [0.15, 0.2) is 5.38 Å². The Morgan fingerprint density at radius 3 is 2.80 bits per heavy atom. The van der Waals surface area contributed by atoms with Crippen molar-refractivity contribution < 1.29 is 23.1 Å². The third-order valence-corrected chi connectivity index (χ3v) is 2.17. The van der Waals surface area contributed by atoms with Gasteiger partial charge < -0.3 is 10.4 Å². The van der Waals surface area contributed by atoms with Crippen LogP contribution in [0.5, 0.6) is 0 Å². The number of thiazole rings is 1. The van der Waals surface area contributed by atoms with Crippen LogP contribution in [0.3, 0.4) is 0 Å². The topological polar surface area (TPSA) is 62.2 Å². The van der Waals surface area contributed by atoms with Crippen molar-refractivity contribution in [1.82, 2.24) is 4.98 Å². The van der Waals surface area contributed by atoms with Gasteiger partial charge in [0.05, 0.1) is 12.1 Å². The fourth-order valence-corrected chi connectivity index (χ4v) is 1.51. The molecule has 1 heterocycles. The van der Waals surface area contributed by atoms with Crippen LogP contribution in [-0.2, 0) is 11.2 Å². The average molecular weight is 240 g/mol. The summed E-state index contributed by atoms with van der Waals surface area (Å²) in [7, 11) is 0. The first-order chi connectivity index (χ1) is 6.87. The number of halogens is 3. The number of carbonyl (C=O) groups is 1. The van der Waals surface area contributed by atoms with E-state index in [4.69, 9.17) is 5.11 Å². The number of anilines is 1. The Morgan fingerprint density at radius 1 is 1.60 bits per heavy atom. The van der Waals surface area contributed by atoms with Gasteiger partial charge in [-0.3, -0.25) is 4.79 Å². The Bertz CT molecular complexity index is 350. The molecule has 0 atom stereocenters. The molecule has 0 aliphatic carbocycles. The van der Waals surface area contributed by atoms with Crippen molar-refractivity contribution in [1.29, 1.82) is 0 Å². The van der Waals surface area contributed by atoms with Gasteiger partial charge in [0.2, 0.25) is 0 Å². The Hall–Kier alpha value is -1.31. The second-order valence-corrected chi connectivity index (χ2v) is 3.54. The number of aliphatic carboxylic acids is 1. The fourth-order valence-electron chi connectivity index (χ4n) is 0.800. The van der Waals surface area contributed by atoms with Gasteiger partial charge in [-0.05, 0) is 0 Å². The maximum Gasteiger partial charge on any atom is 0.405 e. The van der Waals surface area contributed by atoms with Gasteiger partial charge in [-0.2, -0.15) is 13.2 Å². The molecule has 0 saturated carbocycles. The molecule has 8 heteroatoms. The highest BCUT2D eigenvalue weighted by Crippen LogP contribution is 2.19. The first-order valence-electron chi connectivity index (χ1n) is 3.83. The number of carboxylic acid groups (broad SMARTS) is 1. The Balaban J connectivity index is 2.50. The van der Waals surface area contributed by atoms with Crippen LogP contribution >= 0.6 is 11.3 Å². The lowest BCUT2D eigenvalue weighted by Gasteiger charge is -2.05. The van der Waals surface area contributed by atoms with E-state index < -0.39 is 18.7 Å². The van der Waals surface area contributed by atoms with Crippen LogP contribution in [-0.4, -0.2) is 28.8 Å². The van der Waals surface area contributed by atoms with E-state index in [1.54, 1.807) is 0 Å². The van der Waals surface area contributed by atoms with E-state index in [9.17, 15) is 18.0 Å². The molecule has 84 valence electrons. The van der Waals surface area contributed by atoms with Gasteiger partial charge >= 0.3 is 12.1 Å². The molecular weight excluding hydrogens is 233 g/mol. The van der Waals surface area contributed by atoms with Gasteiger partial charge in [-0.1, -0.05) is 0 Å². The summed E-state index contributed by atoms with van der Waals surface area (Å²) in [5.41, 5.74) is 0.247. The number of rotatable bonds is 4. The smallest absolute Gasteiger partial charge is 0.405 e. The third kappa shape index (κ3) is 4.63. The molecule has 0 spiro atoms. The Kier molecular flexibility index (Phi) is 3.51. The summed E-state index contributed by atoms with van der Waals surface area (Å²) in [4.78, 5) is 13.9. The Labute approximate surface area is 86.8 Å². The van der Waals surface area contributed by atoms with Crippen molar-refractivity contribution in [2.45, 2.75) is 12.6 Å². The van der Waals surface area contributed by atoms with E-state index in [-0.39, 0.29) is 17.2 Å². The maximum absolute atomic E-state index is 11.8. The van der Waals surface area contributed by atoms with Crippen LogP contribution in [0.25, 0.3) is 0 Å². The number of nitrogens with zero attached hydrogens (tertiary/aromatic N) is 1. The number of alkyl halides is 3. The number of carboxylic acids is 1. The molecule has 0 aliphatic rings. The zero-order valence-electron chi connectivity index (χ0n) is 7.34. The normalized spacial score (nSPS) is 11.4. The molecule has 0 bridgehead atoms. The van der Waals surface area contributed by atoms with Gasteiger partial charge in [0, 0.05) is 5.38 Å². The van der Waals surface area contributed by atoms with Gasteiger partial charge in [0.25, 0.3) is 0 Å². The fraction of sp³-hybridized carbons (Fsp3) is 0.429. The summed E-state index contributed by atoms with van der Waals surface area (Å²) >= 11 is 0.947. The second-order valence-electron chi connectivity index (χ2n) is 2.68. The van der Waals surface area contributed by atoms with Crippen LogP contribution in [0.2, 0.25) is 0 Å². The molecule has 0 aromatic carbocycles. The lowest BCUT2D eigenvalue weighted by molar-refractivity contribution is -0.136. The minimum absolute atomic E-state index is 0.0728. The summed E-state index contributed by atoms with van der Waals surface area (Å²) in [5, 5.41) is 11.9. The summed E-state index contributed by atoms with van der Waals surface area (Å²) in [6.45, 7) is -1.17. The molecule has 0 fully saturated rings. The van der Waals surface area contributed by atoms with E-state index in [1.165, 1.54) is 5.38 Å². The standard InChI is InChI=1S/C7H7F3N2O2S/c8-7(9,10)3-11-6-12-4(2-15-6)1-5(13)14/h2H,1,3H2,(H,11,12)(H,13,14). The summed E-state index contributed by atoms with van der Waals surface area (Å²) < 4.78 is 35.3. The predicted molar refractivity (Wildman–Crippen MR) is 48.0 cm³/mol. The molecule has 2 N–H and O–H groups in total. The molecule has 0 aliphatic heterocycles. The van der Waals surface area contributed by atoms with Crippen LogP contribution < -0.4 is 5.32 Å². The first-order valence-corrected chi connectivity index (χ1v) is 4.71. The first kappa shape index (κ1) is 11.8. The highest BCUT2D eigenvalue weighted by molar-refractivity contribution is 7.13. The number of hydrogen-bond acceptors (Lipinski definition) is 4. The van der Waals surface area contributed by atoms with E-state index in [0.29, 0.717) is 0 Å². The lowest BCUT2D eigenvalue weighted by Crippen LogP contribution is -2.21. The number of nitrogens with one attached hydrogen (secondary N) is 1. The molecule has 0 unspecified atom stereocenters. The minimum Gasteiger partial charge on any atom is -0.481 e. The van der Waals surface area contributed by atoms with Crippen molar-refractivity contribution in [3.05, 3.63) is 11.1 Å². The quantitative estimate of drug-likeness (QED) is 0.841. The molecule has 0 amide bonds. The zero-order valence-corrected chi connectivity index (χ0v) is 8.15. The molecule has 1 aromatic rings. The SMILES string of the molecule is O=C(O)Cc1csc(NCC(F)(F)F)n1. The molecule has 1 aromatic heterocycles. The number of hydrogen-bond donors (Lipinski definition) is 2. The van der Waals surface area contributed by atoms with E-state index in [1.807, 2.05) is 0 Å². The summed E-state index contributed by atoms with van der Waals surface area (Å²) in [6, 6.07) is 0. The third-order valence-electron chi connectivity index (χ3n) is 1.32. The van der Waals surface area contributed by atoms with Crippen LogP contribution in [0.4, 0.5) is 18.3 Å². The number of aromatic nitrogens is 1. The highest BCUT2D eigenvalue weighted by atomic mass is 32.1. The van der Waals surface area contributed by atoms with Crippen molar-refractivity contribution in [3.63, 3.8) is 0 Å². The van der Waals surface area contributed by atoms with Crippen molar-refractivity contribution in [3.8, 4) is 0 Å². The monoisotopic (exact) mass is 240 g/mol. The van der Waals surface area contributed by atoms with Gasteiger partial charge in [-0.15, -0.1) is 11.3 Å².